The minimum Gasteiger partial charge on any atom is -0.493 e. The molecule has 0 radical (unpaired) electrons. The van der Waals surface area contributed by atoms with Crippen molar-refractivity contribution in [1.29, 1.82) is 0 Å². The SMILES string of the molecule is COc1ccc(S(=O)(=O)N(CC(=O)Nc2cccc(NC(=O)c3ccc(C(C)(C)C)cc3)c2)c2cccc(C(F)(F)F)c2)cc1OC. The highest BCUT2D eigenvalue weighted by atomic mass is 32.2. The molecule has 2 amide bonds. The molecule has 9 nitrogen and oxygen atoms in total. The van der Waals surface area contributed by atoms with Gasteiger partial charge in [0.25, 0.3) is 15.9 Å². The second kappa shape index (κ2) is 13.8. The maximum atomic E-state index is 13.9. The first-order valence-electron chi connectivity index (χ1n) is 14.3. The molecule has 0 aliphatic heterocycles. The van der Waals surface area contributed by atoms with Crippen molar-refractivity contribution in [2.75, 3.05) is 35.7 Å². The van der Waals surface area contributed by atoms with Crippen molar-refractivity contribution < 1.29 is 40.7 Å². The summed E-state index contributed by atoms with van der Waals surface area (Å²) in [4.78, 5) is 25.8. The summed E-state index contributed by atoms with van der Waals surface area (Å²) < 4.78 is 79.4. The van der Waals surface area contributed by atoms with E-state index in [4.69, 9.17) is 9.47 Å². The summed E-state index contributed by atoms with van der Waals surface area (Å²) >= 11 is 0. The van der Waals surface area contributed by atoms with Crippen molar-refractivity contribution in [3.63, 3.8) is 0 Å². The number of nitrogens with one attached hydrogen (secondary N) is 2. The number of amides is 2. The van der Waals surface area contributed by atoms with Gasteiger partial charge in [0.05, 0.1) is 30.4 Å². The van der Waals surface area contributed by atoms with Gasteiger partial charge >= 0.3 is 6.18 Å². The number of hydrogen-bond donors (Lipinski definition) is 2. The normalized spacial score (nSPS) is 11.8. The number of halogens is 3. The fraction of sp³-hybridized carbons (Fsp3) is 0.235. The lowest BCUT2D eigenvalue weighted by atomic mass is 9.87. The van der Waals surface area contributed by atoms with Gasteiger partial charge in [-0.3, -0.25) is 13.9 Å². The Morgan fingerprint density at radius 1 is 0.745 bits per heavy atom. The maximum absolute atomic E-state index is 13.9. The molecule has 248 valence electrons. The number of carbonyl (C=O) groups excluding carboxylic acids is 2. The van der Waals surface area contributed by atoms with Gasteiger partial charge < -0.3 is 20.1 Å². The third-order valence-corrected chi connectivity index (χ3v) is 8.88. The molecule has 0 spiro atoms. The molecule has 4 aromatic carbocycles. The van der Waals surface area contributed by atoms with Gasteiger partial charge in [-0.2, -0.15) is 13.2 Å². The number of anilines is 3. The van der Waals surface area contributed by atoms with Crippen LogP contribution in [0.3, 0.4) is 0 Å². The highest BCUT2D eigenvalue weighted by molar-refractivity contribution is 7.92. The van der Waals surface area contributed by atoms with Crippen LogP contribution in [0.4, 0.5) is 30.2 Å². The van der Waals surface area contributed by atoms with Gasteiger partial charge in [0, 0.05) is 23.0 Å². The average Bonchev–Trinajstić information content (AvgIpc) is 3.02. The van der Waals surface area contributed by atoms with Crippen molar-refractivity contribution in [2.45, 2.75) is 37.3 Å². The number of benzene rings is 4. The average molecular weight is 670 g/mol. The molecule has 47 heavy (non-hydrogen) atoms. The molecule has 0 fully saturated rings. The topological polar surface area (TPSA) is 114 Å². The van der Waals surface area contributed by atoms with Crippen molar-refractivity contribution >= 4 is 38.9 Å². The van der Waals surface area contributed by atoms with Crippen LogP contribution in [0.2, 0.25) is 0 Å². The summed E-state index contributed by atoms with van der Waals surface area (Å²) in [6.07, 6.45) is -4.77. The van der Waals surface area contributed by atoms with Crippen LogP contribution in [0.5, 0.6) is 11.5 Å². The number of nitrogens with zero attached hydrogens (tertiary/aromatic N) is 1. The lowest BCUT2D eigenvalue weighted by Crippen LogP contribution is -2.38. The molecule has 4 aromatic rings. The zero-order chi connectivity index (χ0) is 34.6. The first kappa shape index (κ1) is 34.8. The Morgan fingerprint density at radius 2 is 1.36 bits per heavy atom. The highest BCUT2D eigenvalue weighted by Crippen LogP contribution is 2.35. The van der Waals surface area contributed by atoms with E-state index in [-0.39, 0.29) is 39.1 Å². The molecule has 0 unspecified atom stereocenters. The van der Waals surface area contributed by atoms with Gasteiger partial charge in [-0.25, -0.2) is 8.42 Å². The molecule has 13 heteroatoms. The number of alkyl halides is 3. The predicted molar refractivity (Wildman–Crippen MR) is 174 cm³/mol. The molecule has 4 rings (SSSR count). The predicted octanol–water partition coefficient (Wildman–Crippen LogP) is 7.11. The summed E-state index contributed by atoms with van der Waals surface area (Å²) in [5.41, 5.74) is 0.473. The molecule has 0 saturated carbocycles. The van der Waals surface area contributed by atoms with Crippen molar-refractivity contribution in [3.8, 4) is 11.5 Å². The Hall–Kier alpha value is -5.04. The van der Waals surface area contributed by atoms with E-state index < -0.39 is 34.2 Å². The van der Waals surface area contributed by atoms with Crippen LogP contribution in [-0.2, 0) is 26.4 Å². The van der Waals surface area contributed by atoms with Gasteiger partial charge in [-0.05, 0) is 71.6 Å². The first-order valence-corrected chi connectivity index (χ1v) is 15.7. The van der Waals surface area contributed by atoms with Gasteiger partial charge in [-0.15, -0.1) is 0 Å². The number of sulfonamides is 1. The zero-order valence-corrected chi connectivity index (χ0v) is 27.1. The Balaban J connectivity index is 1.60. The molecule has 0 saturated heterocycles. The van der Waals surface area contributed by atoms with E-state index in [1.165, 1.54) is 38.5 Å². The maximum Gasteiger partial charge on any atom is 0.416 e. The lowest BCUT2D eigenvalue weighted by molar-refractivity contribution is -0.137. The van der Waals surface area contributed by atoms with E-state index in [9.17, 15) is 31.2 Å². The largest absolute Gasteiger partial charge is 0.493 e. The van der Waals surface area contributed by atoms with Crippen LogP contribution in [0.1, 0.15) is 42.3 Å². The highest BCUT2D eigenvalue weighted by Gasteiger charge is 2.33. The lowest BCUT2D eigenvalue weighted by Gasteiger charge is -2.25. The third kappa shape index (κ3) is 8.41. The summed E-state index contributed by atoms with van der Waals surface area (Å²) in [5.74, 6) is -0.951. The van der Waals surface area contributed by atoms with E-state index in [2.05, 4.69) is 31.4 Å². The zero-order valence-electron chi connectivity index (χ0n) is 26.3. The van der Waals surface area contributed by atoms with Crippen LogP contribution in [-0.4, -0.2) is 41.0 Å². The van der Waals surface area contributed by atoms with Gasteiger partial charge in [0.15, 0.2) is 11.5 Å². The van der Waals surface area contributed by atoms with Crippen LogP contribution in [0, 0.1) is 0 Å². The molecule has 0 atom stereocenters. The van der Waals surface area contributed by atoms with Crippen LogP contribution in [0.15, 0.2) is 95.9 Å². The standard InChI is InChI=1S/C34H34F3N3O6S/c1-33(2,3)23-14-12-22(13-15-23)32(42)39-26-10-7-9-25(19-26)38-31(41)21-40(27-11-6-8-24(18-27)34(35,36)37)47(43,44)28-16-17-29(45-4)30(20-28)46-5/h6-20H,21H2,1-5H3,(H,38,41)(H,39,42). The molecule has 0 aliphatic rings. The van der Waals surface area contributed by atoms with E-state index in [1.54, 1.807) is 24.3 Å². The van der Waals surface area contributed by atoms with Gasteiger partial charge in [0.2, 0.25) is 5.91 Å². The Labute approximate surface area is 271 Å². The number of carbonyl (C=O) groups is 2. The monoisotopic (exact) mass is 669 g/mol. The van der Waals surface area contributed by atoms with Gasteiger partial charge in [0.1, 0.15) is 6.54 Å². The number of hydrogen-bond acceptors (Lipinski definition) is 6. The first-order chi connectivity index (χ1) is 22.0. The Kier molecular flexibility index (Phi) is 10.2. The summed E-state index contributed by atoms with van der Waals surface area (Å²) in [5, 5.41) is 5.32. The van der Waals surface area contributed by atoms with Crippen LogP contribution in [0.25, 0.3) is 0 Å². The molecule has 0 aliphatic carbocycles. The number of methoxy groups -OCH3 is 2. The second-order valence-electron chi connectivity index (χ2n) is 11.5. The van der Waals surface area contributed by atoms with Crippen LogP contribution >= 0.6 is 0 Å². The minimum absolute atomic E-state index is 0.0611. The third-order valence-electron chi connectivity index (χ3n) is 7.11. The van der Waals surface area contributed by atoms with E-state index in [1.807, 2.05) is 12.1 Å². The van der Waals surface area contributed by atoms with E-state index >= 15 is 0 Å². The summed E-state index contributed by atoms with van der Waals surface area (Å²) in [7, 11) is -1.96. The fourth-order valence-corrected chi connectivity index (χ4v) is 6.02. The number of rotatable bonds is 10. The van der Waals surface area contributed by atoms with E-state index in [0.29, 0.717) is 21.6 Å². The van der Waals surface area contributed by atoms with E-state index in [0.717, 1.165) is 29.8 Å². The number of ether oxygens (including phenoxy) is 2. The fourth-order valence-electron chi connectivity index (χ4n) is 4.59. The Morgan fingerprint density at radius 3 is 1.96 bits per heavy atom. The second-order valence-corrected chi connectivity index (χ2v) is 13.3. The Bertz CT molecular complexity index is 1870. The van der Waals surface area contributed by atoms with Crippen LogP contribution < -0.4 is 24.4 Å². The molecule has 0 heterocycles. The minimum atomic E-state index is -4.77. The van der Waals surface area contributed by atoms with Gasteiger partial charge in [-0.1, -0.05) is 45.0 Å². The molecular weight excluding hydrogens is 635 g/mol. The van der Waals surface area contributed by atoms with Crippen molar-refractivity contribution in [3.05, 3.63) is 108 Å². The molecular formula is C34H34F3N3O6S. The molecule has 2 N–H and O–H groups in total. The van der Waals surface area contributed by atoms with Crippen molar-refractivity contribution in [2.24, 2.45) is 0 Å². The molecule has 0 aromatic heterocycles. The van der Waals surface area contributed by atoms with Crippen molar-refractivity contribution in [1.82, 2.24) is 0 Å². The quantitative estimate of drug-likeness (QED) is 0.186. The molecule has 0 bridgehead atoms. The smallest absolute Gasteiger partial charge is 0.416 e. The summed E-state index contributed by atoms with van der Waals surface area (Å²) in [6, 6.07) is 20.6. The summed E-state index contributed by atoms with van der Waals surface area (Å²) in [6.45, 7) is 5.31.